The highest BCUT2D eigenvalue weighted by Gasteiger charge is 1.48. The molecule has 0 aromatic heterocycles. The molecule has 0 unspecified atom stereocenters. The van der Waals surface area contributed by atoms with Crippen molar-refractivity contribution in [3.63, 3.8) is 0 Å². The summed E-state index contributed by atoms with van der Waals surface area (Å²) in [5, 5.41) is 0. The van der Waals surface area contributed by atoms with Crippen molar-refractivity contribution in [3.05, 3.63) is 12.7 Å². The Hall–Kier alpha value is 0.0300. The molecule has 0 nitrogen and oxygen atoms in total. The van der Waals surface area contributed by atoms with Gasteiger partial charge in [0.2, 0.25) is 0 Å². The average Bonchev–Trinajstić information content (AvgIpc) is 1.72. The van der Waals surface area contributed by atoms with Crippen LogP contribution in [-0.2, 0) is 0 Å². The van der Waals surface area contributed by atoms with Gasteiger partial charge in [-0.05, 0) is 0 Å². The third-order valence-electron chi connectivity index (χ3n) is 0.109. The van der Waals surface area contributed by atoms with Gasteiger partial charge in [0.05, 0.1) is 0 Å². The van der Waals surface area contributed by atoms with Crippen molar-refractivity contribution in [3.8, 4) is 0 Å². The van der Waals surface area contributed by atoms with Gasteiger partial charge in [0, 0.05) is 5.88 Å². The Bertz CT molecular complexity index is 17.9. The highest BCUT2D eigenvalue weighted by molar-refractivity contribution is 6.18. The van der Waals surface area contributed by atoms with Gasteiger partial charge < -0.3 is 0 Å². The van der Waals surface area contributed by atoms with Crippen molar-refractivity contribution < 1.29 is 0 Å². The maximum Gasteiger partial charge on any atom is 0.0401 e. The summed E-state index contributed by atoms with van der Waals surface area (Å²) < 4.78 is 0. The monoisotopic (exact) mass is 106 g/mol. The Morgan fingerprint density at radius 1 is 1.67 bits per heavy atom. The Kier molecular flexibility index (Phi) is 31.0. The first-order chi connectivity index (χ1) is 2.91. The van der Waals surface area contributed by atoms with Gasteiger partial charge in [-0.2, -0.15) is 0 Å². The van der Waals surface area contributed by atoms with E-state index in [0.29, 0.717) is 5.88 Å². The summed E-state index contributed by atoms with van der Waals surface area (Å²) >= 11 is 5.07. The third kappa shape index (κ3) is 34.9. The molecule has 1 heteroatoms. The summed E-state index contributed by atoms with van der Waals surface area (Å²) in [5.41, 5.74) is 0. The molecule has 0 aromatic carbocycles. The molecule has 0 heterocycles. The van der Waals surface area contributed by atoms with Gasteiger partial charge >= 0.3 is 0 Å². The van der Waals surface area contributed by atoms with Gasteiger partial charge in [-0.1, -0.05) is 19.9 Å². The van der Waals surface area contributed by atoms with Gasteiger partial charge in [0.1, 0.15) is 0 Å². The zero-order valence-electron chi connectivity index (χ0n) is 4.37. The van der Waals surface area contributed by atoms with Crippen molar-refractivity contribution in [2.24, 2.45) is 0 Å². The number of alkyl halides is 1. The first kappa shape index (κ1) is 9.39. The largest absolute Gasteiger partial charge is 0.122 e. The molecule has 0 saturated carbocycles. The van der Waals surface area contributed by atoms with Gasteiger partial charge in [-0.25, -0.2) is 0 Å². The van der Waals surface area contributed by atoms with Crippen LogP contribution in [0.1, 0.15) is 13.8 Å². The van der Waals surface area contributed by atoms with E-state index in [0.717, 1.165) is 0 Å². The van der Waals surface area contributed by atoms with Crippen molar-refractivity contribution in [2.75, 3.05) is 5.88 Å². The first-order valence-electron chi connectivity index (χ1n) is 2.08. The molecule has 0 aliphatic rings. The van der Waals surface area contributed by atoms with E-state index >= 15 is 0 Å². The van der Waals surface area contributed by atoms with Crippen LogP contribution in [-0.4, -0.2) is 5.88 Å². The molecular formula is C5H11Cl. The van der Waals surface area contributed by atoms with Gasteiger partial charge in [0.25, 0.3) is 0 Å². The lowest BCUT2D eigenvalue weighted by Crippen LogP contribution is -1.45. The summed E-state index contributed by atoms with van der Waals surface area (Å²) in [6, 6.07) is 0. The van der Waals surface area contributed by atoms with Crippen LogP contribution in [0, 0.1) is 0 Å². The van der Waals surface area contributed by atoms with E-state index < -0.39 is 0 Å². The van der Waals surface area contributed by atoms with Crippen LogP contribution in [0.4, 0.5) is 0 Å². The van der Waals surface area contributed by atoms with Crippen LogP contribution < -0.4 is 0 Å². The number of rotatable bonds is 1. The highest BCUT2D eigenvalue weighted by atomic mass is 35.5. The zero-order chi connectivity index (χ0) is 5.41. The second-order valence-electron chi connectivity index (χ2n) is 0.443. The van der Waals surface area contributed by atoms with Crippen molar-refractivity contribution in [2.45, 2.75) is 13.8 Å². The minimum Gasteiger partial charge on any atom is -0.122 e. The van der Waals surface area contributed by atoms with E-state index in [-0.39, 0.29) is 0 Å². The smallest absolute Gasteiger partial charge is 0.0401 e. The third-order valence-corrected chi connectivity index (χ3v) is 0.327. The first-order valence-corrected chi connectivity index (χ1v) is 2.62. The molecule has 0 radical (unpaired) electrons. The summed E-state index contributed by atoms with van der Waals surface area (Å²) in [5.74, 6) is 0.556. The number of allylic oxidation sites excluding steroid dienone is 1. The fourth-order valence-electron chi connectivity index (χ4n) is 0. The Morgan fingerprint density at radius 2 is 1.83 bits per heavy atom. The maximum atomic E-state index is 5.07. The summed E-state index contributed by atoms with van der Waals surface area (Å²) in [4.78, 5) is 0. The molecule has 0 aromatic rings. The summed E-state index contributed by atoms with van der Waals surface area (Å²) in [6.45, 7) is 7.35. The van der Waals surface area contributed by atoms with Crippen molar-refractivity contribution in [1.29, 1.82) is 0 Å². The SMILES string of the molecule is C=CCCl.CC. The number of hydrogen-bond acceptors (Lipinski definition) is 0. The van der Waals surface area contributed by atoms with E-state index in [2.05, 4.69) is 6.58 Å². The molecule has 0 aliphatic heterocycles. The molecule has 0 fully saturated rings. The molecule has 0 aliphatic carbocycles. The van der Waals surface area contributed by atoms with Crippen LogP contribution >= 0.6 is 11.6 Å². The quantitative estimate of drug-likeness (QED) is 0.356. The second kappa shape index (κ2) is 19.8. The van der Waals surface area contributed by atoms with E-state index in [1.54, 1.807) is 6.08 Å². The molecule has 0 N–H and O–H groups in total. The molecule has 0 saturated heterocycles. The molecule has 0 atom stereocenters. The van der Waals surface area contributed by atoms with Crippen molar-refractivity contribution in [1.82, 2.24) is 0 Å². The van der Waals surface area contributed by atoms with Gasteiger partial charge in [0.15, 0.2) is 0 Å². The topological polar surface area (TPSA) is 0 Å². The highest BCUT2D eigenvalue weighted by Crippen LogP contribution is 1.67. The fraction of sp³-hybridized carbons (Fsp3) is 0.600. The molecule has 0 spiro atoms. The van der Waals surface area contributed by atoms with E-state index in [1.807, 2.05) is 13.8 Å². The van der Waals surface area contributed by atoms with Crippen LogP contribution in [0.15, 0.2) is 12.7 Å². The minimum absolute atomic E-state index is 0.556. The van der Waals surface area contributed by atoms with Crippen LogP contribution in [0.2, 0.25) is 0 Å². The standard InChI is InChI=1S/C3H5Cl.C2H6/c1-2-3-4;1-2/h2H,1,3H2;1-2H3. The lowest BCUT2D eigenvalue weighted by Gasteiger charge is -1.55. The predicted molar refractivity (Wildman–Crippen MR) is 32.3 cm³/mol. The Balaban J connectivity index is 0. The van der Waals surface area contributed by atoms with Crippen molar-refractivity contribution >= 4 is 11.6 Å². The molecule has 0 rings (SSSR count). The normalized spacial score (nSPS) is 5.17. The Morgan fingerprint density at radius 3 is 1.83 bits per heavy atom. The maximum absolute atomic E-state index is 5.07. The van der Waals surface area contributed by atoms with E-state index in [9.17, 15) is 0 Å². The molecule has 0 amide bonds. The lowest BCUT2D eigenvalue weighted by atomic mass is 10.8. The fourth-order valence-corrected chi connectivity index (χ4v) is 0. The van der Waals surface area contributed by atoms with Gasteiger partial charge in [-0.3, -0.25) is 0 Å². The molecule has 6 heavy (non-hydrogen) atoms. The number of halogens is 1. The van der Waals surface area contributed by atoms with E-state index in [4.69, 9.17) is 11.6 Å². The van der Waals surface area contributed by atoms with Crippen LogP contribution in [0.25, 0.3) is 0 Å². The average molecular weight is 107 g/mol. The minimum atomic E-state index is 0.556. The second-order valence-corrected chi connectivity index (χ2v) is 0.752. The van der Waals surface area contributed by atoms with E-state index in [1.165, 1.54) is 0 Å². The zero-order valence-corrected chi connectivity index (χ0v) is 5.13. The summed E-state index contributed by atoms with van der Waals surface area (Å²) in [7, 11) is 0. The molecule has 0 bridgehead atoms. The van der Waals surface area contributed by atoms with Gasteiger partial charge in [-0.15, -0.1) is 18.2 Å². The van der Waals surface area contributed by atoms with Crippen LogP contribution in [0.3, 0.4) is 0 Å². The lowest BCUT2D eigenvalue weighted by molar-refractivity contribution is 1.50. The predicted octanol–water partition coefficient (Wildman–Crippen LogP) is 2.44. The van der Waals surface area contributed by atoms with Crippen LogP contribution in [0.5, 0.6) is 0 Å². The summed E-state index contributed by atoms with van der Waals surface area (Å²) in [6.07, 6.45) is 1.64. The number of hydrogen-bond donors (Lipinski definition) is 0. The molecular weight excluding hydrogens is 95.5 g/mol. The Labute approximate surface area is 44.8 Å². The molecule has 38 valence electrons.